The van der Waals surface area contributed by atoms with Crippen molar-refractivity contribution in [3.63, 3.8) is 0 Å². The number of unbranched alkanes of at least 4 members (excludes halogenated alkanes) is 4. The average molecular weight is 467 g/mol. The fourth-order valence-electron chi connectivity index (χ4n) is 3.97. The Labute approximate surface area is 203 Å². The van der Waals surface area contributed by atoms with Gasteiger partial charge in [0.25, 0.3) is 0 Å². The lowest BCUT2D eigenvalue weighted by molar-refractivity contribution is -0.132. The standard InChI is InChI=1S/C28H38N2O4/c1-4-5-6-7-8-19-30-20-9-10-23(17-18-28(2,3)21-26(30)31)25(29-34)16-13-22-11-14-24(15-12-22)27(32)33/h9-12,14-17H,4-8,13,18-21H2,1-3H3,(H,32,33). The van der Waals surface area contributed by atoms with Crippen LogP contribution in [0.15, 0.2) is 65.0 Å². The van der Waals surface area contributed by atoms with Crippen LogP contribution in [0.25, 0.3) is 0 Å². The minimum Gasteiger partial charge on any atom is -0.478 e. The Kier molecular flexibility index (Phi) is 10.9. The summed E-state index contributed by atoms with van der Waals surface area (Å²) in [6.07, 6.45) is 14.9. The van der Waals surface area contributed by atoms with Gasteiger partial charge >= 0.3 is 5.97 Å². The first-order valence-electron chi connectivity index (χ1n) is 12.3. The topological polar surface area (TPSA) is 87.0 Å². The van der Waals surface area contributed by atoms with Gasteiger partial charge in [-0.05, 0) is 53.1 Å². The quantitative estimate of drug-likeness (QED) is 0.291. The van der Waals surface area contributed by atoms with Crippen LogP contribution in [-0.4, -0.2) is 35.0 Å². The number of allylic oxidation sites excluding steroid dienone is 3. The van der Waals surface area contributed by atoms with Crippen LogP contribution in [0.3, 0.4) is 0 Å². The van der Waals surface area contributed by atoms with E-state index in [-0.39, 0.29) is 16.9 Å². The molecule has 1 amide bonds. The fraction of sp³-hybridized carbons (Fsp3) is 0.500. The molecule has 1 aromatic rings. The van der Waals surface area contributed by atoms with Gasteiger partial charge in [0.1, 0.15) is 5.70 Å². The maximum Gasteiger partial charge on any atom is 0.335 e. The van der Waals surface area contributed by atoms with Gasteiger partial charge in [0.05, 0.1) is 5.56 Å². The van der Waals surface area contributed by atoms with Crippen LogP contribution in [0.1, 0.15) is 81.6 Å². The van der Waals surface area contributed by atoms with Gasteiger partial charge in [-0.1, -0.05) is 82.9 Å². The summed E-state index contributed by atoms with van der Waals surface area (Å²) >= 11 is 0. The zero-order valence-corrected chi connectivity index (χ0v) is 20.8. The third-order valence-electron chi connectivity index (χ3n) is 6.14. The molecule has 0 aromatic heterocycles. The highest BCUT2D eigenvalue weighted by molar-refractivity contribution is 5.87. The van der Waals surface area contributed by atoms with E-state index in [0.717, 1.165) is 30.5 Å². The second kappa shape index (κ2) is 13.6. The molecule has 0 bridgehead atoms. The van der Waals surface area contributed by atoms with Gasteiger partial charge in [0.2, 0.25) is 5.91 Å². The Balaban J connectivity index is 2.15. The Morgan fingerprint density at radius 3 is 2.50 bits per heavy atom. The molecule has 0 saturated carbocycles. The van der Waals surface area contributed by atoms with Gasteiger partial charge in [-0.3, -0.25) is 4.79 Å². The van der Waals surface area contributed by atoms with Gasteiger partial charge in [-0.15, -0.1) is 4.91 Å². The normalized spacial score (nSPS) is 16.8. The lowest BCUT2D eigenvalue weighted by atomic mass is 9.83. The van der Waals surface area contributed by atoms with Crippen LogP contribution >= 0.6 is 0 Å². The first kappa shape index (κ1) is 27.2. The summed E-state index contributed by atoms with van der Waals surface area (Å²) in [5.41, 5.74) is 2.01. The first-order chi connectivity index (χ1) is 16.3. The Morgan fingerprint density at radius 1 is 1.15 bits per heavy atom. The van der Waals surface area contributed by atoms with Gasteiger partial charge in [0.15, 0.2) is 0 Å². The molecule has 6 nitrogen and oxygen atoms in total. The molecule has 0 atom stereocenters. The number of carboxylic acid groups (broad SMARTS) is 1. The summed E-state index contributed by atoms with van der Waals surface area (Å²) in [6.45, 7) is 7.61. The van der Waals surface area contributed by atoms with Crippen molar-refractivity contribution in [2.45, 2.75) is 72.1 Å². The molecule has 34 heavy (non-hydrogen) atoms. The smallest absolute Gasteiger partial charge is 0.335 e. The lowest BCUT2D eigenvalue weighted by Crippen LogP contribution is -2.35. The van der Waals surface area contributed by atoms with E-state index in [2.05, 4.69) is 25.9 Å². The lowest BCUT2D eigenvalue weighted by Gasteiger charge is -2.29. The minimum absolute atomic E-state index is 0.177. The van der Waals surface area contributed by atoms with Crippen molar-refractivity contribution in [1.82, 2.24) is 4.90 Å². The molecule has 1 aliphatic heterocycles. The number of hydrogen-bond acceptors (Lipinski definition) is 4. The molecular formula is C28H38N2O4. The van der Waals surface area contributed by atoms with E-state index in [1.807, 2.05) is 23.1 Å². The molecule has 1 aromatic carbocycles. The van der Waals surface area contributed by atoms with Crippen LogP contribution < -0.4 is 0 Å². The maximum atomic E-state index is 12.9. The number of hydrogen-bond donors (Lipinski definition) is 1. The average Bonchev–Trinajstić information content (AvgIpc) is 2.80. The molecule has 1 heterocycles. The molecule has 0 radical (unpaired) electrons. The van der Waals surface area contributed by atoms with Crippen LogP contribution in [0.4, 0.5) is 0 Å². The molecular weight excluding hydrogens is 428 g/mol. The molecule has 184 valence electrons. The van der Waals surface area contributed by atoms with Crippen molar-refractivity contribution in [3.05, 3.63) is 75.9 Å². The van der Waals surface area contributed by atoms with Crippen molar-refractivity contribution in [1.29, 1.82) is 0 Å². The van der Waals surface area contributed by atoms with E-state index in [9.17, 15) is 14.5 Å². The van der Waals surface area contributed by atoms with E-state index >= 15 is 0 Å². The van der Waals surface area contributed by atoms with Crippen molar-refractivity contribution in [3.8, 4) is 0 Å². The summed E-state index contributed by atoms with van der Waals surface area (Å²) in [7, 11) is 0. The largest absolute Gasteiger partial charge is 0.478 e. The van der Waals surface area contributed by atoms with Gasteiger partial charge in [0, 0.05) is 19.5 Å². The Morgan fingerprint density at radius 2 is 1.85 bits per heavy atom. The highest BCUT2D eigenvalue weighted by atomic mass is 16.4. The number of aromatic carboxylic acids is 1. The van der Waals surface area contributed by atoms with Gasteiger partial charge in [-0.2, -0.15) is 0 Å². The number of rotatable bonds is 11. The van der Waals surface area contributed by atoms with E-state index in [1.165, 1.54) is 19.3 Å². The second-order valence-electron chi connectivity index (χ2n) is 9.75. The van der Waals surface area contributed by atoms with Crippen molar-refractivity contribution < 1.29 is 14.7 Å². The molecule has 0 spiro atoms. The summed E-state index contributed by atoms with van der Waals surface area (Å²) < 4.78 is 0. The Hall–Kier alpha value is -3.02. The van der Waals surface area contributed by atoms with E-state index in [1.54, 1.807) is 30.3 Å². The van der Waals surface area contributed by atoms with Crippen molar-refractivity contribution >= 4 is 11.9 Å². The summed E-state index contributed by atoms with van der Waals surface area (Å²) in [6, 6.07) is 6.59. The number of carboxylic acids is 1. The number of benzene rings is 1. The second-order valence-corrected chi connectivity index (χ2v) is 9.75. The molecule has 0 saturated heterocycles. The predicted octanol–water partition coefficient (Wildman–Crippen LogP) is 6.68. The number of amides is 1. The highest BCUT2D eigenvalue weighted by Gasteiger charge is 2.25. The third kappa shape index (κ3) is 9.08. The number of nitroso groups, excluding NO2 is 1. The monoisotopic (exact) mass is 466 g/mol. The molecule has 0 unspecified atom stereocenters. The van der Waals surface area contributed by atoms with Crippen LogP contribution in [0.5, 0.6) is 0 Å². The fourth-order valence-corrected chi connectivity index (χ4v) is 3.97. The van der Waals surface area contributed by atoms with E-state index in [4.69, 9.17) is 5.11 Å². The molecule has 1 aliphatic rings. The molecule has 1 N–H and O–H groups in total. The molecule has 6 heteroatoms. The first-order valence-corrected chi connectivity index (χ1v) is 12.3. The van der Waals surface area contributed by atoms with Crippen LogP contribution in [0.2, 0.25) is 0 Å². The third-order valence-corrected chi connectivity index (χ3v) is 6.14. The van der Waals surface area contributed by atoms with E-state index in [0.29, 0.717) is 31.5 Å². The van der Waals surface area contributed by atoms with Crippen molar-refractivity contribution in [2.24, 2.45) is 10.6 Å². The molecule has 0 aliphatic carbocycles. The molecule has 2 rings (SSSR count). The maximum absolute atomic E-state index is 12.9. The van der Waals surface area contributed by atoms with E-state index < -0.39 is 5.97 Å². The van der Waals surface area contributed by atoms with Gasteiger partial charge in [-0.25, -0.2) is 4.79 Å². The summed E-state index contributed by atoms with van der Waals surface area (Å²) in [5, 5.41) is 12.3. The number of carbonyl (C=O) groups is 2. The molecule has 0 fully saturated rings. The van der Waals surface area contributed by atoms with Crippen LogP contribution in [-0.2, 0) is 11.2 Å². The zero-order valence-electron chi connectivity index (χ0n) is 20.8. The van der Waals surface area contributed by atoms with Crippen LogP contribution in [0, 0.1) is 10.3 Å². The predicted molar refractivity (Wildman–Crippen MR) is 137 cm³/mol. The Bertz CT molecular complexity index is 926. The number of nitrogens with zero attached hydrogens (tertiary/aromatic N) is 2. The minimum atomic E-state index is -0.967. The summed E-state index contributed by atoms with van der Waals surface area (Å²) in [4.78, 5) is 37.6. The number of carbonyl (C=O) groups excluding carboxylic acids is 1. The van der Waals surface area contributed by atoms with Crippen molar-refractivity contribution in [2.75, 3.05) is 13.1 Å². The highest BCUT2D eigenvalue weighted by Crippen LogP contribution is 2.30. The summed E-state index contributed by atoms with van der Waals surface area (Å²) in [5.74, 6) is -0.790. The van der Waals surface area contributed by atoms with Gasteiger partial charge < -0.3 is 10.0 Å². The SMILES string of the molecule is CCCCCCCN1CC=CC(C(=CCc2ccc(C(=O)O)cc2)N=O)=CCC(C)(C)CC1=O. The zero-order chi connectivity index (χ0) is 25.0.